The molecular weight excluding hydrogens is 460 g/mol. The molecule has 1 aromatic carbocycles. The fourth-order valence-corrected chi connectivity index (χ4v) is 3.90. The number of pyridine rings is 1. The molecule has 174 valence electrons. The minimum absolute atomic E-state index is 0.0515. The molecule has 1 unspecified atom stereocenters. The summed E-state index contributed by atoms with van der Waals surface area (Å²) >= 11 is 5.89. The van der Waals surface area contributed by atoms with E-state index >= 15 is 0 Å². The smallest absolute Gasteiger partial charge is 0.349 e. The van der Waals surface area contributed by atoms with E-state index in [-0.39, 0.29) is 43.2 Å². The number of carbonyl (C=O) groups is 1. The highest BCUT2D eigenvalue weighted by atomic mass is 35.5. The molecule has 1 aliphatic rings. The van der Waals surface area contributed by atoms with E-state index in [0.717, 1.165) is 6.07 Å². The van der Waals surface area contributed by atoms with E-state index in [2.05, 4.69) is 10.3 Å². The van der Waals surface area contributed by atoms with Crippen molar-refractivity contribution in [2.75, 3.05) is 13.1 Å². The lowest BCUT2D eigenvalue weighted by molar-refractivity contribution is -0.186. The number of alkyl halides is 6. The van der Waals surface area contributed by atoms with Crippen LogP contribution in [0.3, 0.4) is 0 Å². The molecule has 2 aromatic rings. The molecule has 1 aromatic heterocycles. The van der Waals surface area contributed by atoms with Gasteiger partial charge in [-0.3, -0.25) is 14.7 Å². The molecule has 0 saturated carbocycles. The average molecular weight is 480 g/mol. The Kier molecular flexibility index (Phi) is 7.34. The van der Waals surface area contributed by atoms with Gasteiger partial charge in [0.25, 0.3) is 0 Å². The van der Waals surface area contributed by atoms with Crippen LogP contribution in [0.25, 0.3) is 0 Å². The van der Waals surface area contributed by atoms with Crippen LogP contribution in [0.5, 0.6) is 0 Å². The third-order valence-electron chi connectivity index (χ3n) is 5.40. The Balaban J connectivity index is 1.73. The minimum Gasteiger partial charge on any atom is -0.349 e. The third kappa shape index (κ3) is 5.92. The van der Waals surface area contributed by atoms with Crippen molar-refractivity contribution in [3.05, 3.63) is 64.4 Å². The Labute approximate surface area is 185 Å². The van der Waals surface area contributed by atoms with Gasteiger partial charge in [0.2, 0.25) is 5.91 Å². The summed E-state index contributed by atoms with van der Waals surface area (Å²) in [5, 5.41) is 2.36. The lowest BCUT2D eigenvalue weighted by Crippen LogP contribution is -2.46. The van der Waals surface area contributed by atoms with E-state index in [1.54, 1.807) is 35.2 Å². The molecule has 2 heterocycles. The quantitative estimate of drug-likeness (QED) is 0.585. The van der Waals surface area contributed by atoms with Crippen molar-refractivity contribution < 1.29 is 31.1 Å². The molecule has 1 N–H and O–H groups in total. The summed E-state index contributed by atoms with van der Waals surface area (Å²) in [5.74, 6) is -1.91. The summed E-state index contributed by atoms with van der Waals surface area (Å²) in [5.41, 5.74) is -0.357. The van der Waals surface area contributed by atoms with Crippen molar-refractivity contribution in [3.63, 3.8) is 0 Å². The maximum Gasteiger partial charge on any atom is 0.417 e. The van der Waals surface area contributed by atoms with E-state index in [1.807, 2.05) is 0 Å². The number of hydrogen-bond acceptors (Lipinski definition) is 3. The normalized spacial score (nSPS) is 17.2. The zero-order valence-electron chi connectivity index (χ0n) is 16.7. The highest BCUT2D eigenvalue weighted by Crippen LogP contribution is 2.36. The second-order valence-electron chi connectivity index (χ2n) is 7.53. The topological polar surface area (TPSA) is 45.2 Å². The summed E-state index contributed by atoms with van der Waals surface area (Å²) in [6.45, 7) is -0.0644. The van der Waals surface area contributed by atoms with Gasteiger partial charge >= 0.3 is 12.4 Å². The number of aromatic nitrogens is 1. The molecule has 1 aliphatic heterocycles. The fraction of sp³-hybridized carbons (Fsp3) is 0.429. The van der Waals surface area contributed by atoms with Crippen molar-refractivity contribution in [3.8, 4) is 0 Å². The van der Waals surface area contributed by atoms with Crippen LogP contribution in [-0.4, -0.2) is 35.1 Å². The van der Waals surface area contributed by atoms with Crippen molar-refractivity contribution in [1.82, 2.24) is 15.2 Å². The second-order valence-corrected chi connectivity index (χ2v) is 7.94. The van der Waals surface area contributed by atoms with E-state index in [0.29, 0.717) is 11.8 Å². The van der Waals surface area contributed by atoms with Gasteiger partial charge in [0.1, 0.15) is 6.04 Å². The van der Waals surface area contributed by atoms with E-state index in [1.165, 1.54) is 0 Å². The van der Waals surface area contributed by atoms with Gasteiger partial charge in [-0.1, -0.05) is 41.9 Å². The number of benzene rings is 1. The van der Waals surface area contributed by atoms with Crippen molar-refractivity contribution in [2.45, 2.75) is 37.8 Å². The van der Waals surface area contributed by atoms with Crippen LogP contribution in [0.1, 0.15) is 35.7 Å². The van der Waals surface area contributed by atoms with Crippen LogP contribution in [0.2, 0.25) is 5.02 Å². The molecule has 0 radical (unpaired) electrons. The van der Waals surface area contributed by atoms with Crippen LogP contribution in [0, 0.1) is 5.92 Å². The first-order valence-electron chi connectivity index (χ1n) is 9.82. The molecule has 1 fully saturated rings. The number of halogens is 7. The number of nitrogens with one attached hydrogen (secondary N) is 1. The first-order chi connectivity index (χ1) is 15.0. The Bertz CT molecular complexity index is 927. The SMILES string of the molecule is O=C(NCc1ncc(C(F)(F)F)cc1Cl)C(c1ccccc1)N1CCC(C(F)(F)F)CC1. The zero-order chi connectivity index (χ0) is 23.5. The molecule has 4 nitrogen and oxygen atoms in total. The molecule has 0 aliphatic carbocycles. The average Bonchev–Trinajstić information content (AvgIpc) is 2.73. The maximum atomic E-state index is 13.0. The summed E-state index contributed by atoms with van der Waals surface area (Å²) in [6.07, 6.45) is -8.48. The standard InChI is InChI=1S/C21H20ClF6N3O/c22-16-10-15(21(26,27)28)11-29-17(16)12-30-19(32)18(13-4-2-1-3-5-13)31-8-6-14(7-9-31)20(23,24)25/h1-5,10-11,14,18H,6-9,12H2,(H,30,32). The molecule has 1 saturated heterocycles. The van der Waals surface area contributed by atoms with Gasteiger partial charge in [0.15, 0.2) is 0 Å². The van der Waals surface area contributed by atoms with Gasteiger partial charge in [-0.25, -0.2) is 0 Å². The first-order valence-corrected chi connectivity index (χ1v) is 10.2. The number of likely N-dealkylation sites (tertiary alicyclic amines) is 1. The van der Waals surface area contributed by atoms with Crippen LogP contribution >= 0.6 is 11.6 Å². The number of rotatable bonds is 5. The van der Waals surface area contributed by atoms with Crippen molar-refractivity contribution in [1.29, 1.82) is 0 Å². The monoisotopic (exact) mass is 479 g/mol. The van der Waals surface area contributed by atoms with Crippen LogP contribution < -0.4 is 5.32 Å². The molecule has 0 bridgehead atoms. The Morgan fingerprint density at radius 2 is 1.75 bits per heavy atom. The lowest BCUT2D eigenvalue weighted by atomic mass is 9.93. The number of nitrogens with zero attached hydrogens (tertiary/aromatic N) is 2. The molecule has 1 atom stereocenters. The first kappa shape index (κ1) is 24.3. The van der Waals surface area contributed by atoms with Gasteiger partial charge in [0.05, 0.1) is 28.7 Å². The molecular formula is C21H20ClF6N3O. The molecule has 0 spiro atoms. The van der Waals surface area contributed by atoms with Gasteiger partial charge in [-0.2, -0.15) is 26.3 Å². The van der Waals surface area contributed by atoms with E-state index in [4.69, 9.17) is 11.6 Å². The van der Waals surface area contributed by atoms with Crippen molar-refractivity contribution in [2.24, 2.45) is 5.92 Å². The number of hydrogen-bond donors (Lipinski definition) is 1. The largest absolute Gasteiger partial charge is 0.417 e. The molecule has 11 heteroatoms. The third-order valence-corrected chi connectivity index (χ3v) is 5.72. The lowest BCUT2D eigenvalue weighted by Gasteiger charge is -2.37. The van der Waals surface area contributed by atoms with Gasteiger partial charge < -0.3 is 5.32 Å². The summed E-state index contributed by atoms with van der Waals surface area (Å²) in [7, 11) is 0. The number of carbonyl (C=O) groups excluding carboxylic acids is 1. The Morgan fingerprint density at radius 1 is 1.12 bits per heavy atom. The van der Waals surface area contributed by atoms with Gasteiger partial charge in [0, 0.05) is 6.20 Å². The number of piperidine rings is 1. The van der Waals surface area contributed by atoms with Gasteiger partial charge in [-0.05, 0) is 37.6 Å². The molecule has 32 heavy (non-hydrogen) atoms. The van der Waals surface area contributed by atoms with Gasteiger partial charge in [-0.15, -0.1) is 0 Å². The summed E-state index contributed by atoms with van der Waals surface area (Å²) in [6, 6.07) is 8.46. The predicted molar refractivity (Wildman–Crippen MR) is 106 cm³/mol. The highest BCUT2D eigenvalue weighted by molar-refractivity contribution is 6.31. The van der Waals surface area contributed by atoms with Crippen molar-refractivity contribution >= 4 is 17.5 Å². The summed E-state index contributed by atoms with van der Waals surface area (Å²) < 4.78 is 77.3. The Morgan fingerprint density at radius 3 is 2.28 bits per heavy atom. The molecule has 1 amide bonds. The predicted octanol–water partition coefficient (Wildman–Crippen LogP) is 5.39. The Hall–Kier alpha value is -2.33. The molecule has 3 rings (SSSR count). The van der Waals surface area contributed by atoms with Crippen LogP contribution in [-0.2, 0) is 17.5 Å². The summed E-state index contributed by atoms with van der Waals surface area (Å²) in [4.78, 5) is 18.4. The maximum absolute atomic E-state index is 13.0. The van der Waals surface area contributed by atoms with E-state index < -0.39 is 35.8 Å². The number of amides is 1. The fourth-order valence-electron chi connectivity index (χ4n) is 3.67. The zero-order valence-corrected chi connectivity index (χ0v) is 17.4. The minimum atomic E-state index is -4.60. The highest BCUT2D eigenvalue weighted by Gasteiger charge is 2.43. The second kappa shape index (κ2) is 9.66. The van der Waals surface area contributed by atoms with Crippen LogP contribution in [0.15, 0.2) is 42.6 Å². The van der Waals surface area contributed by atoms with Crippen LogP contribution in [0.4, 0.5) is 26.3 Å². The van der Waals surface area contributed by atoms with E-state index in [9.17, 15) is 31.1 Å².